The number of esters is 1. The zero-order valence-corrected chi connectivity index (χ0v) is 8.29. The summed E-state index contributed by atoms with van der Waals surface area (Å²) in [6.45, 7) is 0.515. The van der Waals surface area contributed by atoms with E-state index in [4.69, 9.17) is 10.5 Å². The minimum atomic E-state index is -0.147. The summed E-state index contributed by atoms with van der Waals surface area (Å²) in [4.78, 5) is 16.0. The molecule has 1 aromatic rings. The van der Waals surface area contributed by atoms with Crippen molar-refractivity contribution in [2.45, 2.75) is 16.6 Å². The van der Waals surface area contributed by atoms with Crippen molar-refractivity contribution in [1.82, 2.24) is 4.98 Å². The van der Waals surface area contributed by atoms with Crippen LogP contribution in [0.3, 0.4) is 0 Å². The molecule has 1 unspecified atom stereocenters. The first-order valence-corrected chi connectivity index (χ1v) is 5.18. The first-order chi connectivity index (χ1) is 6.77. The smallest absolute Gasteiger partial charge is 0.319 e. The summed E-state index contributed by atoms with van der Waals surface area (Å²) < 4.78 is 4.86. The van der Waals surface area contributed by atoms with E-state index < -0.39 is 0 Å². The molecule has 0 aromatic carbocycles. The van der Waals surface area contributed by atoms with Crippen molar-refractivity contribution in [1.29, 1.82) is 0 Å². The van der Waals surface area contributed by atoms with Gasteiger partial charge >= 0.3 is 5.97 Å². The van der Waals surface area contributed by atoms with Crippen LogP contribution in [-0.4, -0.2) is 22.8 Å². The van der Waals surface area contributed by atoms with E-state index in [0.717, 1.165) is 11.3 Å². The lowest BCUT2D eigenvalue weighted by Crippen LogP contribution is -2.09. The highest BCUT2D eigenvalue weighted by atomic mass is 32.2. The topological polar surface area (TPSA) is 65.2 Å². The van der Waals surface area contributed by atoms with Gasteiger partial charge in [0.1, 0.15) is 5.25 Å². The predicted octanol–water partition coefficient (Wildman–Crippen LogP) is 1.07. The SMILES string of the molecule is Nc1cnccc1SC1CCOC1=O. The Labute approximate surface area is 85.8 Å². The quantitative estimate of drug-likeness (QED) is 0.740. The molecule has 1 atom stereocenters. The minimum Gasteiger partial charge on any atom is -0.465 e. The van der Waals surface area contributed by atoms with Gasteiger partial charge < -0.3 is 10.5 Å². The van der Waals surface area contributed by atoms with Crippen LogP contribution in [0.2, 0.25) is 0 Å². The Bertz CT molecular complexity index is 356. The van der Waals surface area contributed by atoms with Crippen LogP contribution in [0.5, 0.6) is 0 Å². The van der Waals surface area contributed by atoms with Crippen molar-refractivity contribution in [3.05, 3.63) is 18.5 Å². The van der Waals surface area contributed by atoms with E-state index in [9.17, 15) is 4.79 Å². The molecule has 1 aliphatic heterocycles. The average molecular weight is 210 g/mol. The van der Waals surface area contributed by atoms with Crippen molar-refractivity contribution in [2.75, 3.05) is 12.3 Å². The zero-order chi connectivity index (χ0) is 9.97. The van der Waals surface area contributed by atoms with Gasteiger partial charge in [0, 0.05) is 17.5 Å². The number of hydrogen-bond acceptors (Lipinski definition) is 5. The lowest BCUT2D eigenvalue weighted by atomic mass is 10.4. The van der Waals surface area contributed by atoms with Crippen LogP contribution in [0.15, 0.2) is 23.4 Å². The molecule has 0 radical (unpaired) electrons. The van der Waals surface area contributed by atoms with Crippen LogP contribution in [0, 0.1) is 0 Å². The summed E-state index contributed by atoms with van der Waals surface area (Å²) in [5.41, 5.74) is 6.32. The molecular weight excluding hydrogens is 200 g/mol. The molecule has 74 valence electrons. The number of carbonyl (C=O) groups excluding carboxylic acids is 1. The molecule has 0 saturated carbocycles. The molecule has 2 rings (SSSR count). The van der Waals surface area contributed by atoms with Crippen LogP contribution in [0.1, 0.15) is 6.42 Å². The lowest BCUT2D eigenvalue weighted by molar-refractivity contribution is -0.137. The van der Waals surface area contributed by atoms with Crippen molar-refractivity contribution in [2.24, 2.45) is 0 Å². The third-order valence-corrected chi connectivity index (χ3v) is 3.30. The van der Waals surface area contributed by atoms with E-state index in [-0.39, 0.29) is 11.2 Å². The summed E-state index contributed by atoms with van der Waals surface area (Å²) in [6.07, 6.45) is 4.01. The second kappa shape index (κ2) is 3.88. The molecule has 5 heteroatoms. The monoisotopic (exact) mass is 210 g/mol. The summed E-state index contributed by atoms with van der Waals surface area (Å²) in [6, 6.07) is 1.81. The Morgan fingerprint density at radius 1 is 1.64 bits per heavy atom. The first kappa shape index (κ1) is 9.33. The van der Waals surface area contributed by atoms with Gasteiger partial charge in [-0.15, -0.1) is 11.8 Å². The number of nitrogens with zero attached hydrogens (tertiary/aromatic N) is 1. The van der Waals surface area contributed by atoms with Gasteiger partial charge in [0.05, 0.1) is 18.5 Å². The Balaban J connectivity index is 2.10. The molecule has 1 fully saturated rings. The third kappa shape index (κ3) is 1.82. The normalized spacial score (nSPS) is 20.9. The van der Waals surface area contributed by atoms with Gasteiger partial charge in [-0.1, -0.05) is 0 Å². The van der Waals surface area contributed by atoms with Crippen LogP contribution < -0.4 is 5.73 Å². The number of anilines is 1. The Hall–Kier alpha value is -1.23. The molecular formula is C9H10N2O2S. The highest BCUT2D eigenvalue weighted by Crippen LogP contribution is 2.32. The van der Waals surface area contributed by atoms with E-state index >= 15 is 0 Å². The largest absolute Gasteiger partial charge is 0.465 e. The number of rotatable bonds is 2. The molecule has 2 N–H and O–H groups in total. The van der Waals surface area contributed by atoms with Gasteiger partial charge in [-0.3, -0.25) is 9.78 Å². The van der Waals surface area contributed by atoms with Gasteiger partial charge in [-0.2, -0.15) is 0 Å². The molecule has 2 heterocycles. The number of nitrogen functional groups attached to an aromatic ring is 1. The molecule has 1 saturated heterocycles. The number of cyclic esters (lactones) is 1. The third-order valence-electron chi connectivity index (χ3n) is 1.97. The van der Waals surface area contributed by atoms with Crippen LogP contribution in [0.25, 0.3) is 0 Å². The number of carbonyl (C=O) groups is 1. The van der Waals surface area contributed by atoms with Crippen molar-refractivity contribution in [3.63, 3.8) is 0 Å². The van der Waals surface area contributed by atoms with E-state index in [1.807, 2.05) is 6.07 Å². The summed E-state index contributed by atoms with van der Waals surface area (Å²) >= 11 is 1.45. The van der Waals surface area contributed by atoms with Gasteiger partial charge in [0.25, 0.3) is 0 Å². The van der Waals surface area contributed by atoms with Crippen molar-refractivity contribution < 1.29 is 9.53 Å². The summed E-state index contributed by atoms with van der Waals surface area (Å²) in [5.74, 6) is -0.147. The fraction of sp³-hybridized carbons (Fsp3) is 0.333. The highest BCUT2D eigenvalue weighted by Gasteiger charge is 2.27. The summed E-state index contributed by atoms with van der Waals surface area (Å²) in [7, 11) is 0. The predicted molar refractivity (Wildman–Crippen MR) is 53.9 cm³/mol. The second-order valence-electron chi connectivity index (χ2n) is 2.98. The molecule has 0 aliphatic carbocycles. The zero-order valence-electron chi connectivity index (χ0n) is 7.47. The van der Waals surface area contributed by atoms with Gasteiger partial charge in [0.15, 0.2) is 0 Å². The standard InChI is InChI=1S/C9H10N2O2S/c10-6-5-11-3-1-7(6)14-8-2-4-13-9(8)12/h1,3,5,8H,2,4,10H2. The Kier molecular flexibility index (Phi) is 2.58. The molecule has 0 bridgehead atoms. The molecule has 1 aromatic heterocycles. The highest BCUT2D eigenvalue weighted by molar-refractivity contribution is 8.00. The minimum absolute atomic E-state index is 0.111. The van der Waals surface area contributed by atoms with E-state index in [0.29, 0.717) is 12.3 Å². The van der Waals surface area contributed by atoms with Gasteiger partial charge in [-0.25, -0.2) is 0 Å². The van der Waals surface area contributed by atoms with Gasteiger partial charge in [0.2, 0.25) is 0 Å². The molecule has 14 heavy (non-hydrogen) atoms. The maximum absolute atomic E-state index is 11.2. The number of pyridine rings is 1. The lowest BCUT2D eigenvalue weighted by Gasteiger charge is -2.06. The number of aromatic nitrogens is 1. The fourth-order valence-corrected chi connectivity index (χ4v) is 2.25. The number of ether oxygens (including phenoxy) is 1. The first-order valence-electron chi connectivity index (χ1n) is 4.30. The molecule has 0 spiro atoms. The van der Waals surface area contributed by atoms with Crippen LogP contribution in [0.4, 0.5) is 5.69 Å². The number of hydrogen-bond donors (Lipinski definition) is 1. The summed E-state index contributed by atoms with van der Waals surface area (Å²) in [5, 5.41) is -0.111. The van der Waals surface area contributed by atoms with Crippen LogP contribution in [-0.2, 0) is 9.53 Å². The Morgan fingerprint density at radius 2 is 2.50 bits per heavy atom. The fourth-order valence-electron chi connectivity index (χ4n) is 1.24. The Morgan fingerprint density at radius 3 is 3.14 bits per heavy atom. The number of nitrogens with two attached hydrogens (primary N) is 1. The molecule has 0 amide bonds. The van der Waals surface area contributed by atoms with Crippen molar-refractivity contribution >= 4 is 23.4 Å². The van der Waals surface area contributed by atoms with E-state index in [1.54, 1.807) is 12.4 Å². The van der Waals surface area contributed by atoms with E-state index in [1.165, 1.54) is 11.8 Å². The number of thioether (sulfide) groups is 1. The van der Waals surface area contributed by atoms with Crippen LogP contribution >= 0.6 is 11.8 Å². The maximum atomic E-state index is 11.2. The maximum Gasteiger partial charge on any atom is 0.319 e. The average Bonchev–Trinajstić information content (AvgIpc) is 2.56. The second-order valence-corrected chi connectivity index (χ2v) is 4.22. The van der Waals surface area contributed by atoms with Gasteiger partial charge in [-0.05, 0) is 6.07 Å². The molecule has 1 aliphatic rings. The van der Waals surface area contributed by atoms with Crippen molar-refractivity contribution in [3.8, 4) is 0 Å². The molecule has 4 nitrogen and oxygen atoms in total. The van der Waals surface area contributed by atoms with E-state index in [2.05, 4.69) is 4.98 Å².